The SMILES string of the molecule is C=C(CN)c1ccc(OC)cc1C. The molecule has 1 rings (SSSR count). The van der Waals surface area contributed by atoms with Crippen molar-refractivity contribution in [3.63, 3.8) is 0 Å². The molecule has 0 aliphatic heterocycles. The highest BCUT2D eigenvalue weighted by Gasteiger charge is 2.02. The minimum atomic E-state index is 0.493. The minimum absolute atomic E-state index is 0.493. The fourth-order valence-electron chi connectivity index (χ4n) is 1.27. The van der Waals surface area contributed by atoms with E-state index < -0.39 is 0 Å². The van der Waals surface area contributed by atoms with E-state index >= 15 is 0 Å². The minimum Gasteiger partial charge on any atom is -0.497 e. The van der Waals surface area contributed by atoms with Crippen LogP contribution in [0.1, 0.15) is 11.1 Å². The fourth-order valence-corrected chi connectivity index (χ4v) is 1.27. The monoisotopic (exact) mass is 177 g/mol. The van der Waals surface area contributed by atoms with E-state index in [1.165, 1.54) is 0 Å². The number of rotatable bonds is 3. The Morgan fingerprint density at radius 3 is 2.69 bits per heavy atom. The molecule has 0 fully saturated rings. The molecule has 0 aliphatic rings. The molecule has 2 heteroatoms. The van der Waals surface area contributed by atoms with Crippen molar-refractivity contribution in [2.75, 3.05) is 13.7 Å². The van der Waals surface area contributed by atoms with Gasteiger partial charge in [-0.3, -0.25) is 0 Å². The first-order valence-corrected chi connectivity index (χ1v) is 4.22. The molecule has 0 amide bonds. The molecule has 0 saturated carbocycles. The molecule has 0 aliphatic carbocycles. The Morgan fingerprint density at radius 1 is 1.54 bits per heavy atom. The largest absolute Gasteiger partial charge is 0.497 e. The van der Waals surface area contributed by atoms with E-state index in [2.05, 4.69) is 6.58 Å². The fraction of sp³-hybridized carbons (Fsp3) is 0.273. The van der Waals surface area contributed by atoms with E-state index in [1.807, 2.05) is 25.1 Å². The number of nitrogens with two attached hydrogens (primary N) is 1. The molecule has 2 N–H and O–H groups in total. The van der Waals surface area contributed by atoms with E-state index in [0.717, 1.165) is 22.4 Å². The van der Waals surface area contributed by atoms with Gasteiger partial charge in [0.1, 0.15) is 5.75 Å². The van der Waals surface area contributed by atoms with Crippen molar-refractivity contribution in [1.29, 1.82) is 0 Å². The smallest absolute Gasteiger partial charge is 0.119 e. The molecule has 0 spiro atoms. The van der Waals surface area contributed by atoms with Gasteiger partial charge in [-0.15, -0.1) is 0 Å². The van der Waals surface area contributed by atoms with Gasteiger partial charge in [0.25, 0.3) is 0 Å². The average Bonchev–Trinajstić information content (AvgIpc) is 2.16. The van der Waals surface area contributed by atoms with E-state index in [-0.39, 0.29) is 0 Å². The van der Waals surface area contributed by atoms with E-state index in [0.29, 0.717) is 6.54 Å². The van der Waals surface area contributed by atoms with Crippen LogP contribution in [-0.2, 0) is 0 Å². The van der Waals surface area contributed by atoms with E-state index in [9.17, 15) is 0 Å². The standard InChI is InChI=1S/C11H15NO/c1-8-6-10(13-3)4-5-11(8)9(2)7-12/h4-6H,2,7,12H2,1,3H3. The molecule has 0 atom stereocenters. The van der Waals surface area contributed by atoms with Crippen molar-refractivity contribution >= 4 is 5.57 Å². The average molecular weight is 177 g/mol. The third kappa shape index (κ3) is 2.10. The normalized spacial score (nSPS) is 9.77. The predicted octanol–water partition coefficient (Wildman–Crippen LogP) is 1.98. The number of hydrogen-bond acceptors (Lipinski definition) is 2. The lowest BCUT2D eigenvalue weighted by molar-refractivity contribution is 0.414. The summed E-state index contributed by atoms with van der Waals surface area (Å²) in [6.07, 6.45) is 0. The topological polar surface area (TPSA) is 35.2 Å². The maximum Gasteiger partial charge on any atom is 0.119 e. The number of methoxy groups -OCH3 is 1. The van der Waals surface area contributed by atoms with Gasteiger partial charge < -0.3 is 10.5 Å². The van der Waals surface area contributed by atoms with Gasteiger partial charge in [0.15, 0.2) is 0 Å². The number of aryl methyl sites for hydroxylation is 1. The second kappa shape index (κ2) is 4.10. The summed E-state index contributed by atoms with van der Waals surface area (Å²) in [6, 6.07) is 5.89. The van der Waals surface area contributed by atoms with Gasteiger partial charge in [0.2, 0.25) is 0 Å². The van der Waals surface area contributed by atoms with Gasteiger partial charge in [-0.25, -0.2) is 0 Å². The zero-order chi connectivity index (χ0) is 9.84. The first-order chi connectivity index (χ1) is 6.19. The third-order valence-corrected chi connectivity index (χ3v) is 2.06. The molecule has 1 aromatic rings. The number of benzene rings is 1. The molecule has 0 unspecified atom stereocenters. The molecule has 70 valence electrons. The lowest BCUT2D eigenvalue weighted by atomic mass is 10.0. The number of ether oxygens (including phenoxy) is 1. The Morgan fingerprint density at radius 2 is 2.23 bits per heavy atom. The van der Waals surface area contributed by atoms with Gasteiger partial charge in [-0.05, 0) is 35.8 Å². The van der Waals surface area contributed by atoms with Crippen LogP contribution in [0.2, 0.25) is 0 Å². The van der Waals surface area contributed by atoms with Crippen LogP contribution in [0.5, 0.6) is 5.75 Å². The van der Waals surface area contributed by atoms with E-state index in [1.54, 1.807) is 7.11 Å². The Labute approximate surface area is 79.0 Å². The Bertz CT molecular complexity index is 318. The summed E-state index contributed by atoms with van der Waals surface area (Å²) in [5.74, 6) is 0.867. The van der Waals surface area contributed by atoms with Crippen molar-refractivity contribution in [3.05, 3.63) is 35.9 Å². The van der Waals surface area contributed by atoms with Crippen LogP contribution in [0.15, 0.2) is 24.8 Å². The summed E-state index contributed by atoms with van der Waals surface area (Å²) in [6.45, 7) is 6.41. The van der Waals surface area contributed by atoms with Gasteiger partial charge in [0, 0.05) is 6.54 Å². The summed E-state index contributed by atoms with van der Waals surface area (Å²) in [4.78, 5) is 0. The van der Waals surface area contributed by atoms with Crippen LogP contribution >= 0.6 is 0 Å². The van der Waals surface area contributed by atoms with Crippen molar-refractivity contribution in [3.8, 4) is 5.75 Å². The van der Waals surface area contributed by atoms with Gasteiger partial charge in [-0.2, -0.15) is 0 Å². The van der Waals surface area contributed by atoms with Gasteiger partial charge >= 0.3 is 0 Å². The molecule has 2 nitrogen and oxygen atoms in total. The van der Waals surface area contributed by atoms with Crippen molar-refractivity contribution in [2.24, 2.45) is 5.73 Å². The highest BCUT2D eigenvalue weighted by molar-refractivity contribution is 5.67. The van der Waals surface area contributed by atoms with Crippen molar-refractivity contribution < 1.29 is 4.74 Å². The van der Waals surface area contributed by atoms with Crippen LogP contribution in [0, 0.1) is 6.92 Å². The summed E-state index contributed by atoms with van der Waals surface area (Å²) in [5, 5.41) is 0. The first-order valence-electron chi connectivity index (χ1n) is 4.22. The molecule has 13 heavy (non-hydrogen) atoms. The molecular weight excluding hydrogens is 162 g/mol. The zero-order valence-corrected chi connectivity index (χ0v) is 8.13. The Balaban J connectivity index is 3.05. The summed E-state index contributed by atoms with van der Waals surface area (Å²) < 4.78 is 5.10. The van der Waals surface area contributed by atoms with Crippen LogP contribution in [0.4, 0.5) is 0 Å². The highest BCUT2D eigenvalue weighted by Crippen LogP contribution is 2.21. The molecule has 0 radical (unpaired) electrons. The molecule has 0 bridgehead atoms. The molecule has 0 heterocycles. The van der Waals surface area contributed by atoms with Gasteiger partial charge in [0.05, 0.1) is 7.11 Å². The quantitative estimate of drug-likeness (QED) is 0.766. The van der Waals surface area contributed by atoms with Crippen molar-refractivity contribution in [2.45, 2.75) is 6.92 Å². The maximum absolute atomic E-state index is 5.51. The Hall–Kier alpha value is -1.28. The van der Waals surface area contributed by atoms with Gasteiger partial charge in [-0.1, -0.05) is 12.6 Å². The van der Waals surface area contributed by atoms with Crippen LogP contribution in [0.25, 0.3) is 5.57 Å². The van der Waals surface area contributed by atoms with Crippen LogP contribution < -0.4 is 10.5 Å². The molecule has 1 aromatic carbocycles. The second-order valence-electron chi connectivity index (χ2n) is 2.99. The molecular formula is C11H15NO. The first kappa shape index (κ1) is 9.81. The molecule has 0 saturated heterocycles. The Kier molecular flexibility index (Phi) is 3.09. The summed E-state index contributed by atoms with van der Waals surface area (Å²) >= 11 is 0. The zero-order valence-electron chi connectivity index (χ0n) is 8.13. The summed E-state index contributed by atoms with van der Waals surface area (Å²) in [5.41, 5.74) is 8.73. The number of hydrogen-bond donors (Lipinski definition) is 1. The lowest BCUT2D eigenvalue weighted by Gasteiger charge is -2.08. The predicted molar refractivity (Wildman–Crippen MR) is 55.8 cm³/mol. The van der Waals surface area contributed by atoms with Crippen LogP contribution in [-0.4, -0.2) is 13.7 Å². The van der Waals surface area contributed by atoms with Crippen LogP contribution in [0.3, 0.4) is 0 Å². The third-order valence-electron chi connectivity index (χ3n) is 2.06. The molecule has 0 aromatic heterocycles. The second-order valence-corrected chi connectivity index (χ2v) is 2.99. The highest BCUT2D eigenvalue weighted by atomic mass is 16.5. The maximum atomic E-state index is 5.51. The summed E-state index contributed by atoms with van der Waals surface area (Å²) in [7, 11) is 1.66. The van der Waals surface area contributed by atoms with E-state index in [4.69, 9.17) is 10.5 Å². The lowest BCUT2D eigenvalue weighted by Crippen LogP contribution is -2.02. The van der Waals surface area contributed by atoms with Crippen molar-refractivity contribution in [1.82, 2.24) is 0 Å².